The summed E-state index contributed by atoms with van der Waals surface area (Å²) in [6, 6.07) is 12.1. The molecule has 6 nitrogen and oxygen atoms in total. The third-order valence-corrected chi connectivity index (χ3v) is 5.35. The molecule has 0 radical (unpaired) electrons. The average Bonchev–Trinajstić information content (AvgIpc) is 2.78. The van der Waals surface area contributed by atoms with Crippen molar-refractivity contribution in [3.63, 3.8) is 0 Å². The van der Waals surface area contributed by atoms with Crippen LogP contribution in [-0.2, 0) is 0 Å². The van der Waals surface area contributed by atoms with E-state index in [9.17, 15) is 14.9 Å². The van der Waals surface area contributed by atoms with Crippen molar-refractivity contribution < 1.29 is 14.5 Å². The van der Waals surface area contributed by atoms with Gasteiger partial charge in [0.1, 0.15) is 0 Å². The molecule has 130 valence electrons. The summed E-state index contributed by atoms with van der Waals surface area (Å²) in [7, 11) is 1.37. The van der Waals surface area contributed by atoms with Crippen LogP contribution in [0.3, 0.4) is 0 Å². The van der Waals surface area contributed by atoms with Gasteiger partial charge in [0.15, 0.2) is 5.75 Å². The molecule has 0 bridgehead atoms. The highest BCUT2D eigenvalue weighted by molar-refractivity contribution is 8.00. The molecule has 0 saturated carbocycles. The van der Waals surface area contributed by atoms with Crippen molar-refractivity contribution in [2.45, 2.75) is 23.5 Å². The number of rotatable bonds is 3. The molecule has 7 heteroatoms. The zero-order chi connectivity index (χ0) is 18.0. The highest BCUT2D eigenvalue weighted by Crippen LogP contribution is 2.38. The molecule has 1 atom stereocenters. The zero-order valence-corrected chi connectivity index (χ0v) is 14.8. The lowest BCUT2D eigenvalue weighted by Crippen LogP contribution is -2.32. The molecular formula is C18H18N2O4S. The molecule has 2 aromatic carbocycles. The molecule has 1 aliphatic rings. The van der Waals surface area contributed by atoms with E-state index < -0.39 is 4.92 Å². The fraction of sp³-hybridized carbons (Fsp3) is 0.278. The molecule has 0 aliphatic carbocycles. The summed E-state index contributed by atoms with van der Waals surface area (Å²) >= 11 is 1.74. The topological polar surface area (TPSA) is 72.7 Å². The van der Waals surface area contributed by atoms with Crippen LogP contribution in [0.5, 0.6) is 5.75 Å². The number of nitro groups is 1. The Morgan fingerprint density at radius 3 is 2.80 bits per heavy atom. The van der Waals surface area contributed by atoms with Gasteiger partial charge < -0.3 is 9.64 Å². The second-order valence-electron chi connectivity index (χ2n) is 5.79. The lowest BCUT2D eigenvalue weighted by molar-refractivity contribution is -0.385. The monoisotopic (exact) mass is 358 g/mol. The molecule has 0 saturated heterocycles. The molecular weight excluding hydrogens is 340 g/mol. The van der Waals surface area contributed by atoms with Gasteiger partial charge in [-0.05, 0) is 30.7 Å². The number of nitrogens with zero attached hydrogens (tertiary/aromatic N) is 2. The second-order valence-corrected chi connectivity index (χ2v) is 7.27. The molecule has 2 aromatic rings. The molecule has 1 amide bonds. The van der Waals surface area contributed by atoms with Crippen LogP contribution in [0.15, 0.2) is 47.4 Å². The zero-order valence-electron chi connectivity index (χ0n) is 14.0. The summed E-state index contributed by atoms with van der Waals surface area (Å²) in [6.45, 7) is 2.71. The van der Waals surface area contributed by atoms with E-state index in [0.717, 1.165) is 17.0 Å². The number of hydrogen-bond acceptors (Lipinski definition) is 5. The molecule has 0 aromatic heterocycles. The Kier molecular flexibility index (Phi) is 4.94. The van der Waals surface area contributed by atoms with Crippen LogP contribution in [0.4, 0.5) is 11.4 Å². The van der Waals surface area contributed by atoms with E-state index in [1.54, 1.807) is 22.7 Å². The third-order valence-electron chi connectivity index (χ3n) is 4.11. The van der Waals surface area contributed by atoms with E-state index in [1.807, 2.05) is 24.3 Å². The number of carbonyl (C=O) groups is 1. The van der Waals surface area contributed by atoms with Crippen LogP contribution in [0.1, 0.15) is 23.7 Å². The van der Waals surface area contributed by atoms with Gasteiger partial charge in [0.25, 0.3) is 5.91 Å². The van der Waals surface area contributed by atoms with E-state index in [0.29, 0.717) is 11.8 Å². The van der Waals surface area contributed by atoms with Crippen LogP contribution in [0, 0.1) is 10.1 Å². The van der Waals surface area contributed by atoms with Crippen LogP contribution < -0.4 is 9.64 Å². The van der Waals surface area contributed by atoms with E-state index in [-0.39, 0.29) is 22.9 Å². The molecule has 1 heterocycles. The maximum atomic E-state index is 13.0. The number of ether oxygens (including phenoxy) is 1. The highest BCUT2D eigenvalue weighted by Gasteiger charge is 2.27. The number of fused-ring (bicyclic) bond motifs is 1. The Morgan fingerprint density at radius 2 is 2.08 bits per heavy atom. The lowest BCUT2D eigenvalue weighted by atomic mass is 10.1. The predicted molar refractivity (Wildman–Crippen MR) is 97.7 cm³/mol. The maximum Gasteiger partial charge on any atom is 0.311 e. The number of benzene rings is 2. The minimum atomic E-state index is -0.538. The van der Waals surface area contributed by atoms with Gasteiger partial charge in [-0.25, -0.2) is 0 Å². The van der Waals surface area contributed by atoms with Gasteiger partial charge in [-0.2, -0.15) is 0 Å². The lowest BCUT2D eigenvalue weighted by Gasteiger charge is -2.22. The first-order valence-electron chi connectivity index (χ1n) is 7.91. The fourth-order valence-electron chi connectivity index (χ4n) is 2.82. The van der Waals surface area contributed by atoms with E-state index >= 15 is 0 Å². The number of para-hydroxylation sites is 1. The SMILES string of the molecule is COc1ccc(C(=O)N2CC[C@H](C)Sc3ccccc32)cc1[N+](=O)[O-]. The molecule has 0 spiro atoms. The van der Waals surface area contributed by atoms with Crippen LogP contribution in [-0.4, -0.2) is 29.7 Å². The minimum Gasteiger partial charge on any atom is -0.490 e. The predicted octanol–water partition coefficient (Wildman–Crippen LogP) is 4.13. The maximum absolute atomic E-state index is 13.0. The van der Waals surface area contributed by atoms with Gasteiger partial charge >= 0.3 is 5.69 Å². The molecule has 0 unspecified atom stereocenters. The first kappa shape index (κ1) is 17.3. The first-order chi connectivity index (χ1) is 12.0. The summed E-state index contributed by atoms with van der Waals surface area (Å²) in [4.78, 5) is 26.5. The van der Waals surface area contributed by atoms with Gasteiger partial charge in [-0.15, -0.1) is 11.8 Å². The van der Waals surface area contributed by atoms with Gasteiger partial charge in [0, 0.05) is 28.3 Å². The number of thioether (sulfide) groups is 1. The smallest absolute Gasteiger partial charge is 0.311 e. The van der Waals surface area contributed by atoms with Crippen molar-refractivity contribution in [3.8, 4) is 5.75 Å². The van der Waals surface area contributed by atoms with Crippen LogP contribution in [0.25, 0.3) is 0 Å². The number of methoxy groups -OCH3 is 1. The van der Waals surface area contributed by atoms with E-state index in [2.05, 4.69) is 6.92 Å². The van der Waals surface area contributed by atoms with E-state index in [4.69, 9.17) is 4.74 Å². The van der Waals surface area contributed by atoms with Gasteiger partial charge in [-0.1, -0.05) is 19.1 Å². The Morgan fingerprint density at radius 1 is 1.32 bits per heavy atom. The number of nitro benzene ring substituents is 1. The Labute approximate surface area is 149 Å². The fourth-order valence-corrected chi connectivity index (χ4v) is 3.93. The van der Waals surface area contributed by atoms with Crippen molar-refractivity contribution in [1.82, 2.24) is 0 Å². The van der Waals surface area contributed by atoms with Crippen molar-refractivity contribution >= 4 is 29.0 Å². The van der Waals surface area contributed by atoms with Crippen molar-refractivity contribution in [3.05, 3.63) is 58.1 Å². The number of amides is 1. The quantitative estimate of drug-likeness (QED) is 0.609. The molecule has 0 N–H and O–H groups in total. The molecule has 3 rings (SSSR count). The Balaban J connectivity index is 2.01. The highest BCUT2D eigenvalue weighted by atomic mass is 32.2. The summed E-state index contributed by atoms with van der Waals surface area (Å²) in [5.74, 6) is -0.102. The molecule has 0 fully saturated rings. The van der Waals surface area contributed by atoms with Gasteiger partial charge in [-0.3, -0.25) is 14.9 Å². The van der Waals surface area contributed by atoms with Gasteiger partial charge in [0.2, 0.25) is 0 Å². The number of anilines is 1. The molecule has 25 heavy (non-hydrogen) atoms. The Bertz CT molecular complexity index is 824. The summed E-state index contributed by atoms with van der Waals surface area (Å²) in [6.07, 6.45) is 0.851. The Hall–Kier alpha value is -2.54. The van der Waals surface area contributed by atoms with Crippen molar-refractivity contribution in [2.24, 2.45) is 0 Å². The molecule has 1 aliphatic heterocycles. The standard InChI is InChI=1S/C18H18N2O4S/c1-12-9-10-19(14-5-3-4-6-17(14)25-12)18(21)13-7-8-16(24-2)15(11-13)20(22)23/h3-8,11-12H,9-10H2,1-2H3/t12-/m0/s1. The summed E-state index contributed by atoms with van der Waals surface area (Å²) in [5, 5.41) is 11.6. The number of carbonyl (C=O) groups excluding carboxylic acids is 1. The van der Waals surface area contributed by atoms with Crippen LogP contribution in [0.2, 0.25) is 0 Å². The van der Waals surface area contributed by atoms with E-state index in [1.165, 1.54) is 19.2 Å². The van der Waals surface area contributed by atoms with Crippen molar-refractivity contribution in [1.29, 1.82) is 0 Å². The van der Waals surface area contributed by atoms with Gasteiger partial charge in [0.05, 0.1) is 17.7 Å². The largest absolute Gasteiger partial charge is 0.490 e. The van der Waals surface area contributed by atoms with Crippen molar-refractivity contribution in [2.75, 3.05) is 18.6 Å². The normalized spacial score (nSPS) is 16.7. The number of hydrogen-bond donors (Lipinski definition) is 0. The second kappa shape index (κ2) is 7.14. The minimum absolute atomic E-state index is 0.141. The average molecular weight is 358 g/mol. The van der Waals surface area contributed by atoms with Crippen LogP contribution >= 0.6 is 11.8 Å². The third kappa shape index (κ3) is 3.46. The summed E-state index contributed by atoms with van der Waals surface area (Å²) < 4.78 is 5.01. The summed E-state index contributed by atoms with van der Waals surface area (Å²) in [5.41, 5.74) is 0.918. The first-order valence-corrected chi connectivity index (χ1v) is 8.79.